The smallest absolute Gasteiger partial charge is 0.225 e. The number of amides is 1. The Morgan fingerprint density at radius 2 is 2.32 bits per heavy atom. The van der Waals surface area contributed by atoms with Crippen LogP contribution in [0.2, 0.25) is 0 Å². The standard InChI is InChI=1S/C13H22N4OS/c1-10-12(19-9-15-10)8-17-5-4-16(3)6-11(7-17)13(18)14-2/h9,11H,4-8H2,1-3H3,(H,14,18)/t11-/m0/s1. The van der Waals surface area contributed by atoms with Crippen LogP contribution in [0, 0.1) is 12.8 Å². The Balaban J connectivity index is 2.04. The molecule has 6 heteroatoms. The second kappa shape index (κ2) is 6.45. The van der Waals surface area contributed by atoms with Gasteiger partial charge < -0.3 is 10.2 Å². The predicted octanol–water partition coefficient (Wildman–Crippen LogP) is 0.561. The molecule has 2 rings (SSSR count). The second-order valence-electron chi connectivity index (χ2n) is 5.17. The van der Waals surface area contributed by atoms with Crippen LogP contribution in [0.1, 0.15) is 10.6 Å². The number of carbonyl (C=O) groups is 1. The van der Waals surface area contributed by atoms with Gasteiger partial charge in [0.1, 0.15) is 0 Å². The molecule has 1 aromatic rings. The third-order valence-electron chi connectivity index (χ3n) is 3.64. The van der Waals surface area contributed by atoms with Gasteiger partial charge in [-0.05, 0) is 14.0 Å². The minimum atomic E-state index is 0.0470. The average Bonchev–Trinajstić information content (AvgIpc) is 2.69. The van der Waals surface area contributed by atoms with Crippen LogP contribution in [0.25, 0.3) is 0 Å². The van der Waals surface area contributed by atoms with Crippen molar-refractivity contribution >= 4 is 17.2 Å². The van der Waals surface area contributed by atoms with Crippen LogP contribution < -0.4 is 5.32 Å². The van der Waals surface area contributed by atoms with Crippen LogP contribution in [0.3, 0.4) is 0 Å². The molecular weight excluding hydrogens is 260 g/mol. The van der Waals surface area contributed by atoms with Gasteiger partial charge in [0, 0.05) is 44.6 Å². The van der Waals surface area contributed by atoms with Crippen molar-refractivity contribution in [1.82, 2.24) is 20.1 Å². The monoisotopic (exact) mass is 282 g/mol. The lowest BCUT2D eigenvalue weighted by Crippen LogP contribution is -2.39. The highest BCUT2D eigenvalue weighted by molar-refractivity contribution is 7.09. The molecule has 0 saturated carbocycles. The molecule has 1 atom stereocenters. The number of nitrogens with zero attached hydrogens (tertiary/aromatic N) is 3. The van der Waals surface area contributed by atoms with Gasteiger partial charge in [-0.1, -0.05) is 0 Å². The lowest BCUT2D eigenvalue weighted by molar-refractivity contribution is -0.125. The summed E-state index contributed by atoms with van der Waals surface area (Å²) in [7, 11) is 3.79. The molecule has 0 spiro atoms. The summed E-state index contributed by atoms with van der Waals surface area (Å²) in [6, 6.07) is 0. The van der Waals surface area contributed by atoms with Crippen LogP contribution in [-0.2, 0) is 11.3 Å². The van der Waals surface area contributed by atoms with Gasteiger partial charge in [-0.2, -0.15) is 0 Å². The Bertz CT molecular complexity index is 434. The van der Waals surface area contributed by atoms with Gasteiger partial charge in [0.25, 0.3) is 0 Å². The highest BCUT2D eigenvalue weighted by Crippen LogP contribution is 2.17. The maximum Gasteiger partial charge on any atom is 0.225 e. The molecule has 0 aliphatic carbocycles. The molecule has 0 unspecified atom stereocenters. The largest absolute Gasteiger partial charge is 0.359 e. The van der Waals surface area contributed by atoms with E-state index in [4.69, 9.17) is 0 Å². The molecule has 1 amide bonds. The zero-order valence-corrected chi connectivity index (χ0v) is 12.7. The van der Waals surface area contributed by atoms with Gasteiger partial charge in [0.2, 0.25) is 5.91 Å². The SMILES string of the molecule is CNC(=O)[C@H]1CN(C)CCN(Cc2scnc2C)C1. The fourth-order valence-electron chi connectivity index (χ4n) is 2.43. The summed E-state index contributed by atoms with van der Waals surface area (Å²) < 4.78 is 0. The molecule has 19 heavy (non-hydrogen) atoms. The number of rotatable bonds is 3. The molecule has 106 valence electrons. The minimum absolute atomic E-state index is 0.0470. The van der Waals surface area contributed by atoms with Crippen molar-refractivity contribution in [3.63, 3.8) is 0 Å². The van der Waals surface area contributed by atoms with E-state index in [2.05, 4.69) is 27.1 Å². The molecule has 1 saturated heterocycles. The average molecular weight is 282 g/mol. The van der Waals surface area contributed by atoms with Crippen molar-refractivity contribution in [2.45, 2.75) is 13.5 Å². The number of aryl methyl sites for hydroxylation is 1. The minimum Gasteiger partial charge on any atom is -0.359 e. The van der Waals surface area contributed by atoms with E-state index in [1.165, 1.54) is 4.88 Å². The first-order valence-electron chi connectivity index (χ1n) is 6.61. The fourth-order valence-corrected chi connectivity index (χ4v) is 3.25. The first kappa shape index (κ1) is 14.4. The van der Waals surface area contributed by atoms with Crippen molar-refractivity contribution in [3.05, 3.63) is 16.1 Å². The Hall–Kier alpha value is -0.980. The Morgan fingerprint density at radius 3 is 2.95 bits per heavy atom. The number of hydrogen-bond acceptors (Lipinski definition) is 5. The van der Waals surface area contributed by atoms with Crippen molar-refractivity contribution in [2.24, 2.45) is 5.92 Å². The first-order chi connectivity index (χ1) is 9.10. The maximum absolute atomic E-state index is 11.9. The number of thiazole rings is 1. The number of carbonyl (C=O) groups excluding carboxylic acids is 1. The van der Waals surface area contributed by atoms with E-state index in [-0.39, 0.29) is 11.8 Å². The lowest BCUT2D eigenvalue weighted by Gasteiger charge is -2.22. The third-order valence-corrected chi connectivity index (χ3v) is 4.56. The van der Waals surface area contributed by atoms with Crippen LogP contribution in [-0.4, -0.2) is 61.0 Å². The molecule has 0 aromatic carbocycles. The number of likely N-dealkylation sites (N-methyl/N-ethyl adjacent to an activating group) is 1. The summed E-state index contributed by atoms with van der Waals surface area (Å²) in [5.41, 5.74) is 3.00. The molecule has 1 aliphatic rings. The lowest BCUT2D eigenvalue weighted by atomic mass is 10.1. The van der Waals surface area contributed by atoms with Crippen LogP contribution >= 0.6 is 11.3 Å². The van der Waals surface area contributed by atoms with E-state index in [1.54, 1.807) is 18.4 Å². The first-order valence-corrected chi connectivity index (χ1v) is 7.49. The number of aromatic nitrogens is 1. The van der Waals surface area contributed by atoms with Crippen LogP contribution in [0.5, 0.6) is 0 Å². The Labute approximate surface area is 118 Å². The van der Waals surface area contributed by atoms with Crippen molar-refractivity contribution in [3.8, 4) is 0 Å². The molecule has 1 fully saturated rings. The topological polar surface area (TPSA) is 48.5 Å². The molecule has 0 bridgehead atoms. The van der Waals surface area contributed by atoms with Gasteiger partial charge in [-0.3, -0.25) is 9.69 Å². The second-order valence-corrected chi connectivity index (χ2v) is 6.11. The summed E-state index contributed by atoms with van der Waals surface area (Å²) in [5, 5.41) is 2.77. The maximum atomic E-state index is 11.9. The normalized spacial score (nSPS) is 22.2. The van der Waals surface area contributed by atoms with Gasteiger partial charge >= 0.3 is 0 Å². The third kappa shape index (κ3) is 3.75. The van der Waals surface area contributed by atoms with E-state index in [0.717, 1.165) is 38.4 Å². The summed E-state index contributed by atoms with van der Waals surface area (Å²) in [6.07, 6.45) is 0. The summed E-state index contributed by atoms with van der Waals surface area (Å²) in [5.74, 6) is 0.186. The van der Waals surface area contributed by atoms with Gasteiger partial charge in [0.15, 0.2) is 0 Å². The Kier molecular flexibility index (Phi) is 4.90. The summed E-state index contributed by atoms with van der Waals surface area (Å²) >= 11 is 1.70. The number of hydrogen-bond donors (Lipinski definition) is 1. The summed E-state index contributed by atoms with van der Waals surface area (Å²) in [4.78, 5) is 22.1. The van der Waals surface area contributed by atoms with E-state index in [1.807, 2.05) is 12.4 Å². The Morgan fingerprint density at radius 1 is 1.53 bits per heavy atom. The van der Waals surface area contributed by atoms with Crippen molar-refractivity contribution in [1.29, 1.82) is 0 Å². The molecule has 1 aliphatic heterocycles. The van der Waals surface area contributed by atoms with Crippen molar-refractivity contribution < 1.29 is 4.79 Å². The van der Waals surface area contributed by atoms with Gasteiger partial charge in [0.05, 0.1) is 17.1 Å². The molecule has 2 heterocycles. The fraction of sp³-hybridized carbons (Fsp3) is 0.692. The van der Waals surface area contributed by atoms with Gasteiger partial charge in [-0.25, -0.2) is 4.98 Å². The quantitative estimate of drug-likeness (QED) is 0.880. The highest BCUT2D eigenvalue weighted by atomic mass is 32.1. The molecule has 0 radical (unpaired) electrons. The zero-order chi connectivity index (χ0) is 13.8. The summed E-state index contributed by atoms with van der Waals surface area (Å²) in [6.45, 7) is 6.61. The van der Waals surface area contributed by atoms with E-state index < -0.39 is 0 Å². The molecule has 1 aromatic heterocycles. The van der Waals surface area contributed by atoms with E-state index in [9.17, 15) is 4.79 Å². The molecule has 5 nitrogen and oxygen atoms in total. The highest BCUT2D eigenvalue weighted by Gasteiger charge is 2.26. The van der Waals surface area contributed by atoms with Crippen LogP contribution in [0.4, 0.5) is 0 Å². The van der Waals surface area contributed by atoms with E-state index >= 15 is 0 Å². The van der Waals surface area contributed by atoms with Gasteiger partial charge in [-0.15, -0.1) is 11.3 Å². The van der Waals surface area contributed by atoms with E-state index in [0.29, 0.717) is 0 Å². The van der Waals surface area contributed by atoms with Crippen molar-refractivity contribution in [2.75, 3.05) is 40.3 Å². The number of nitrogens with one attached hydrogen (secondary N) is 1. The molecular formula is C13H22N4OS. The zero-order valence-electron chi connectivity index (χ0n) is 11.8. The predicted molar refractivity (Wildman–Crippen MR) is 77.2 cm³/mol. The van der Waals surface area contributed by atoms with Crippen LogP contribution in [0.15, 0.2) is 5.51 Å². The molecule has 1 N–H and O–H groups in total.